The smallest absolute Gasteiger partial charge is 0.408 e. The van der Waals surface area contributed by atoms with Crippen LogP contribution in [0.4, 0.5) is 20.8 Å². The van der Waals surface area contributed by atoms with Gasteiger partial charge in [0.15, 0.2) is 23.9 Å². The summed E-state index contributed by atoms with van der Waals surface area (Å²) < 4.78 is 28.0. The molecule has 3 aliphatic carbocycles. The van der Waals surface area contributed by atoms with Crippen LogP contribution < -0.4 is 16.0 Å². The molecule has 2 saturated heterocycles. The molecule has 5 fully saturated rings. The van der Waals surface area contributed by atoms with E-state index in [0.717, 1.165) is 62.3 Å². The summed E-state index contributed by atoms with van der Waals surface area (Å²) in [6.45, 7) is 1.93. The molecule has 3 atom stereocenters. The number of alkyl halides is 1. The van der Waals surface area contributed by atoms with Crippen molar-refractivity contribution in [1.82, 2.24) is 35.4 Å². The summed E-state index contributed by atoms with van der Waals surface area (Å²) in [6.07, 6.45) is 4.81. The first-order chi connectivity index (χ1) is 17.6. The van der Waals surface area contributed by atoms with Crippen molar-refractivity contribution < 1.29 is 18.7 Å². The van der Waals surface area contributed by atoms with Gasteiger partial charge in [-0.15, -0.1) is 0 Å². The average molecular weight is 497 g/mol. The quantitative estimate of drug-likeness (QED) is 0.410. The lowest BCUT2D eigenvalue weighted by molar-refractivity contribution is -0.0528. The number of hydrogen-bond acceptors (Lipinski definition) is 8. The van der Waals surface area contributed by atoms with Crippen molar-refractivity contribution in [2.24, 2.45) is 5.92 Å². The predicted molar refractivity (Wildman–Crippen MR) is 127 cm³/mol. The van der Waals surface area contributed by atoms with E-state index in [1.165, 1.54) is 0 Å². The molecule has 0 spiro atoms. The minimum Gasteiger partial charge on any atom is -0.441 e. The molecule has 3 aromatic heterocycles. The molecule has 5 aliphatic rings. The molecule has 36 heavy (non-hydrogen) atoms. The van der Waals surface area contributed by atoms with Crippen molar-refractivity contribution in [3.8, 4) is 0 Å². The second-order valence-corrected chi connectivity index (χ2v) is 10.6. The summed E-state index contributed by atoms with van der Waals surface area (Å²) >= 11 is 0. The zero-order valence-corrected chi connectivity index (χ0v) is 19.7. The van der Waals surface area contributed by atoms with E-state index in [-0.39, 0.29) is 12.1 Å². The molecule has 190 valence electrons. The van der Waals surface area contributed by atoms with Crippen LogP contribution in [0.15, 0.2) is 24.5 Å². The number of rotatable bonds is 6. The van der Waals surface area contributed by atoms with Crippen molar-refractivity contribution in [1.29, 1.82) is 0 Å². The number of carbonyl (C=O) groups excluding carboxylic acids is 1. The Morgan fingerprint density at radius 1 is 1.28 bits per heavy atom. The number of carbonyl (C=O) groups is 1. The van der Waals surface area contributed by atoms with E-state index in [0.29, 0.717) is 23.2 Å². The molecule has 8 rings (SSSR count). The molecule has 5 heterocycles. The number of halogens is 1. The largest absolute Gasteiger partial charge is 0.441 e. The van der Waals surface area contributed by atoms with E-state index in [2.05, 4.69) is 31.2 Å². The summed E-state index contributed by atoms with van der Waals surface area (Å²) in [6, 6.07) is 3.58. The fraction of sp³-hybridized carbons (Fsp3) is 0.583. The highest BCUT2D eigenvalue weighted by atomic mass is 19.1. The molecule has 2 bridgehead atoms. The van der Waals surface area contributed by atoms with Crippen LogP contribution in [0.1, 0.15) is 55.5 Å². The number of nitrogens with zero attached hydrogens (tertiary/aromatic N) is 4. The van der Waals surface area contributed by atoms with Crippen LogP contribution in [-0.4, -0.2) is 68.4 Å². The second kappa shape index (κ2) is 8.41. The van der Waals surface area contributed by atoms with E-state index in [4.69, 9.17) is 14.5 Å². The molecule has 11 nitrogen and oxygen atoms in total. The van der Waals surface area contributed by atoms with E-state index in [1.807, 2.05) is 16.8 Å². The van der Waals surface area contributed by atoms with Gasteiger partial charge in [0.05, 0.1) is 30.4 Å². The van der Waals surface area contributed by atoms with Crippen molar-refractivity contribution in [3.63, 3.8) is 0 Å². The van der Waals surface area contributed by atoms with E-state index < -0.39 is 24.5 Å². The van der Waals surface area contributed by atoms with Gasteiger partial charge in [-0.2, -0.15) is 10.2 Å². The number of anilines is 2. The van der Waals surface area contributed by atoms with Gasteiger partial charge in [0.25, 0.3) is 0 Å². The molecule has 2 aliphatic heterocycles. The molecular weight excluding hydrogens is 467 g/mol. The maximum atomic E-state index is 15.2. The monoisotopic (exact) mass is 496 g/mol. The topological polar surface area (TPSA) is 130 Å². The second-order valence-electron chi connectivity index (χ2n) is 10.6. The minimum absolute atomic E-state index is 0.00699. The SMILES string of the molecule is O=C(NC12CC(C1)C2)O[C@@H]1CO[C@H](c2cc(Nc3nc(C4CCNCC4)cn4nccc34)n[nH]2)[C@H]1F. The van der Waals surface area contributed by atoms with Crippen LogP contribution in [0, 0.1) is 5.92 Å². The number of amides is 1. The Morgan fingerprint density at radius 3 is 2.89 bits per heavy atom. The third-order valence-electron chi connectivity index (χ3n) is 8.06. The Balaban J connectivity index is 1.04. The predicted octanol–water partition coefficient (Wildman–Crippen LogP) is 2.72. The first-order valence-electron chi connectivity index (χ1n) is 12.7. The minimum atomic E-state index is -1.50. The zero-order chi connectivity index (χ0) is 24.3. The van der Waals surface area contributed by atoms with Crippen LogP contribution in [-0.2, 0) is 9.47 Å². The van der Waals surface area contributed by atoms with E-state index >= 15 is 4.39 Å². The molecule has 3 aromatic rings. The fourth-order valence-corrected chi connectivity index (χ4v) is 5.97. The number of hydrogen-bond donors (Lipinski definition) is 4. The van der Waals surface area contributed by atoms with Crippen LogP contribution in [0.25, 0.3) is 5.52 Å². The summed E-state index contributed by atoms with van der Waals surface area (Å²) in [4.78, 5) is 17.1. The van der Waals surface area contributed by atoms with Crippen LogP contribution >= 0.6 is 0 Å². The number of fused-ring (bicyclic) bond motifs is 1. The molecule has 1 amide bonds. The molecule has 12 heteroatoms. The molecule has 0 radical (unpaired) electrons. The Labute approximate surface area is 206 Å². The van der Waals surface area contributed by atoms with Gasteiger partial charge in [-0.05, 0) is 57.2 Å². The summed E-state index contributed by atoms with van der Waals surface area (Å²) in [5.74, 6) is 2.22. The number of ether oxygens (including phenoxy) is 2. The Bertz CT molecular complexity index is 1270. The van der Waals surface area contributed by atoms with Gasteiger partial charge >= 0.3 is 6.09 Å². The number of aromatic amines is 1. The van der Waals surface area contributed by atoms with Gasteiger partial charge < -0.3 is 25.4 Å². The van der Waals surface area contributed by atoms with E-state index in [1.54, 1.807) is 12.3 Å². The van der Waals surface area contributed by atoms with Gasteiger partial charge in [-0.1, -0.05) is 0 Å². The standard InChI is InChI=1S/C24H29FN8O3/c25-20-18(36-23(34)30-24-8-13(9-24)10-24)12-35-21(20)15-7-19(32-31-15)29-22-17-3-6-27-33(17)11-16(28-22)14-1-4-26-5-2-14/h3,6-7,11,13-14,18,20-21,26H,1-2,4-5,8-10,12H2,(H,30,34)(H2,28,29,31,32)/t13?,18-,20+,21-,24?/m1/s1. The average Bonchev–Trinajstić information content (AvgIpc) is 3.57. The van der Waals surface area contributed by atoms with Crippen molar-refractivity contribution in [2.75, 3.05) is 25.0 Å². The molecule has 0 unspecified atom stereocenters. The highest BCUT2D eigenvalue weighted by molar-refractivity contribution is 5.72. The van der Waals surface area contributed by atoms with Gasteiger partial charge in [0.2, 0.25) is 0 Å². The van der Waals surface area contributed by atoms with Crippen molar-refractivity contribution in [3.05, 3.63) is 35.9 Å². The lowest BCUT2D eigenvalue weighted by Crippen LogP contribution is -2.68. The highest BCUT2D eigenvalue weighted by Gasteiger charge is 2.58. The Kier molecular flexibility index (Phi) is 5.14. The summed E-state index contributed by atoms with van der Waals surface area (Å²) in [5.41, 5.74) is 2.15. The Hall–Kier alpha value is -3.25. The zero-order valence-electron chi connectivity index (χ0n) is 19.7. The van der Waals surface area contributed by atoms with Gasteiger partial charge in [-0.25, -0.2) is 18.7 Å². The number of aromatic nitrogens is 5. The van der Waals surface area contributed by atoms with Crippen LogP contribution in [0.5, 0.6) is 0 Å². The fourth-order valence-electron chi connectivity index (χ4n) is 5.97. The van der Waals surface area contributed by atoms with Crippen LogP contribution in [0.3, 0.4) is 0 Å². The normalized spacial score (nSPS) is 31.6. The molecular formula is C24H29FN8O3. The first-order valence-corrected chi connectivity index (χ1v) is 12.7. The lowest BCUT2D eigenvalue weighted by Gasteiger charge is -2.61. The van der Waals surface area contributed by atoms with Crippen LogP contribution in [0.2, 0.25) is 0 Å². The maximum absolute atomic E-state index is 15.2. The lowest BCUT2D eigenvalue weighted by atomic mass is 9.50. The third kappa shape index (κ3) is 3.79. The molecule has 4 N–H and O–H groups in total. The number of nitrogens with one attached hydrogen (secondary N) is 4. The van der Waals surface area contributed by atoms with Crippen molar-refractivity contribution >= 4 is 23.2 Å². The Morgan fingerprint density at radius 2 is 2.11 bits per heavy atom. The molecule has 0 aromatic carbocycles. The van der Waals surface area contributed by atoms with Gasteiger partial charge in [0.1, 0.15) is 11.6 Å². The third-order valence-corrected chi connectivity index (χ3v) is 8.06. The van der Waals surface area contributed by atoms with E-state index in [9.17, 15) is 4.79 Å². The van der Waals surface area contributed by atoms with Gasteiger partial charge in [0, 0.05) is 17.5 Å². The number of piperidine rings is 1. The number of H-pyrrole nitrogens is 1. The molecule has 3 saturated carbocycles. The first kappa shape index (κ1) is 22.0. The summed E-state index contributed by atoms with van der Waals surface area (Å²) in [5, 5.41) is 21.1. The number of alkyl carbamates (subject to hydrolysis) is 1. The summed E-state index contributed by atoms with van der Waals surface area (Å²) in [7, 11) is 0. The van der Waals surface area contributed by atoms with Crippen molar-refractivity contribution in [2.45, 2.75) is 61.9 Å². The maximum Gasteiger partial charge on any atom is 0.408 e. The van der Waals surface area contributed by atoms with Gasteiger partial charge in [-0.3, -0.25) is 5.10 Å². The highest BCUT2D eigenvalue weighted by Crippen LogP contribution is 2.57.